The molecule has 24 heavy (non-hydrogen) atoms. The van der Waals surface area contributed by atoms with Crippen LogP contribution >= 0.6 is 0 Å². The average Bonchev–Trinajstić information content (AvgIpc) is 2.56. The number of carbonyl (C=O) groups is 1. The molecule has 6 heteroatoms. The third kappa shape index (κ3) is 2.60. The molecule has 0 saturated heterocycles. The zero-order valence-corrected chi connectivity index (χ0v) is 13.5. The molecule has 0 unspecified atom stereocenters. The van der Waals surface area contributed by atoms with Crippen molar-refractivity contribution in [1.82, 2.24) is 4.98 Å². The lowest BCUT2D eigenvalue weighted by Gasteiger charge is -2.10. The SMILES string of the molecule is CCCc1c2[nH]ccc(=O)c2cc2c(=O)cc(C(=O)OCC)oc12. The quantitative estimate of drug-likeness (QED) is 0.588. The Balaban J connectivity index is 2.43. The molecule has 3 aromatic rings. The third-order valence-corrected chi connectivity index (χ3v) is 3.82. The standard InChI is InChI=1S/C18H17NO5/c1-3-5-10-16-11(13(20)6-7-19-16)8-12-14(21)9-15(24-17(10)12)18(22)23-4-2/h6-9H,3-5H2,1-2H3,(H,19,20). The number of aryl methyl sites for hydroxylation is 1. The second-order valence-corrected chi connectivity index (χ2v) is 5.44. The molecule has 3 rings (SSSR count). The predicted molar refractivity (Wildman–Crippen MR) is 90.6 cm³/mol. The van der Waals surface area contributed by atoms with Crippen molar-refractivity contribution in [2.75, 3.05) is 6.61 Å². The fourth-order valence-corrected chi connectivity index (χ4v) is 2.80. The first-order valence-corrected chi connectivity index (χ1v) is 7.85. The maximum atomic E-state index is 12.4. The minimum atomic E-state index is -0.680. The number of fused-ring (bicyclic) bond motifs is 2. The van der Waals surface area contributed by atoms with Gasteiger partial charge in [0.1, 0.15) is 5.58 Å². The van der Waals surface area contributed by atoms with Crippen LogP contribution in [0.15, 0.2) is 38.4 Å². The Bertz CT molecular complexity index is 1040. The molecule has 0 aliphatic heterocycles. The van der Waals surface area contributed by atoms with Crippen molar-refractivity contribution < 1.29 is 13.9 Å². The molecule has 0 atom stereocenters. The van der Waals surface area contributed by atoms with Crippen LogP contribution in [-0.4, -0.2) is 17.6 Å². The minimum Gasteiger partial charge on any atom is -0.460 e. The predicted octanol–water partition coefficient (Wildman–Crippen LogP) is 2.76. The number of carbonyl (C=O) groups excluding carboxylic acids is 1. The summed E-state index contributed by atoms with van der Waals surface area (Å²) >= 11 is 0. The van der Waals surface area contributed by atoms with E-state index >= 15 is 0 Å². The van der Waals surface area contributed by atoms with E-state index in [1.165, 1.54) is 12.1 Å². The number of hydrogen-bond donors (Lipinski definition) is 1. The number of ether oxygens (including phenoxy) is 1. The summed E-state index contributed by atoms with van der Waals surface area (Å²) < 4.78 is 10.6. The Morgan fingerprint density at radius 2 is 1.96 bits per heavy atom. The molecule has 0 radical (unpaired) electrons. The fraction of sp³-hybridized carbons (Fsp3) is 0.278. The van der Waals surface area contributed by atoms with Gasteiger partial charge in [-0.2, -0.15) is 0 Å². The fourth-order valence-electron chi connectivity index (χ4n) is 2.80. The first kappa shape index (κ1) is 16.0. The molecule has 0 saturated carbocycles. The molecule has 0 aliphatic carbocycles. The van der Waals surface area contributed by atoms with Gasteiger partial charge in [-0.15, -0.1) is 0 Å². The summed E-state index contributed by atoms with van der Waals surface area (Å²) in [7, 11) is 0. The molecular weight excluding hydrogens is 310 g/mol. The van der Waals surface area contributed by atoms with Crippen molar-refractivity contribution in [3.8, 4) is 0 Å². The highest BCUT2D eigenvalue weighted by molar-refractivity contribution is 5.98. The van der Waals surface area contributed by atoms with E-state index in [0.29, 0.717) is 28.5 Å². The number of rotatable bonds is 4. The van der Waals surface area contributed by atoms with Crippen molar-refractivity contribution in [1.29, 1.82) is 0 Å². The Labute approximate surface area is 137 Å². The summed E-state index contributed by atoms with van der Waals surface area (Å²) in [6, 6.07) is 4.04. The van der Waals surface area contributed by atoms with Crippen LogP contribution in [0, 0.1) is 0 Å². The van der Waals surface area contributed by atoms with Gasteiger partial charge in [-0.1, -0.05) is 13.3 Å². The second-order valence-electron chi connectivity index (χ2n) is 5.44. The lowest BCUT2D eigenvalue weighted by Crippen LogP contribution is -2.12. The number of aromatic amines is 1. The average molecular weight is 327 g/mol. The van der Waals surface area contributed by atoms with E-state index in [1.54, 1.807) is 13.1 Å². The lowest BCUT2D eigenvalue weighted by molar-refractivity contribution is 0.0490. The van der Waals surface area contributed by atoms with Crippen LogP contribution in [0.25, 0.3) is 21.9 Å². The van der Waals surface area contributed by atoms with Crippen molar-refractivity contribution in [2.45, 2.75) is 26.7 Å². The normalized spacial score (nSPS) is 11.1. The van der Waals surface area contributed by atoms with E-state index in [1.807, 2.05) is 6.92 Å². The summed E-state index contributed by atoms with van der Waals surface area (Å²) in [4.78, 5) is 39.5. The number of hydrogen-bond acceptors (Lipinski definition) is 5. The van der Waals surface area contributed by atoms with Crippen molar-refractivity contribution in [2.24, 2.45) is 0 Å². The van der Waals surface area contributed by atoms with Crippen LogP contribution < -0.4 is 10.9 Å². The first-order valence-electron chi connectivity index (χ1n) is 7.85. The molecular formula is C18H17NO5. The van der Waals surface area contributed by atoms with E-state index in [9.17, 15) is 14.4 Å². The Morgan fingerprint density at radius 3 is 2.67 bits per heavy atom. The molecule has 2 heterocycles. The van der Waals surface area contributed by atoms with Crippen molar-refractivity contribution >= 4 is 27.8 Å². The Kier molecular flexibility index (Phi) is 4.20. The molecule has 1 aromatic carbocycles. The van der Waals surface area contributed by atoms with Crippen LogP contribution in [0.2, 0.25) is 0 Å². The Hall–Kier alpha value is -2.89. The number of benzene rings is 1. The molecule has 1 N–H and O–H groups in total. The molecule has 0 fully saturated rings. The zero-order chi connectivity index (χ0) is 17.3. The maximum absolute atomic E-state index is 12.4. The summed E-state index contributed by atoms with van der Waals surface area (Å²) in [5.74, 6) is -0.815. The summed E-state index contributed by atoms with van der Waals surface area (Å²) in [6.07, 6.45) is 2.95. The number of nitrogens with one attached hydrogen (secondary N) is 1. The van der Waals surface area contributed by atoms with Crippen LogP contribution in [0.1, 0.15) is 36.4 Å². The molecule has 0 aliphatic rings. The van der Waals surface area contributed by atoms with Crippen LogP contribution in [-0.2, 0) is 11.2 Å². The largest absolute Gasteiger partial charge is 0.460 e. The zero-order valence-electron chi connectivity index (χ0n) is 13.5. The highest BCUT2D eigenvalue weighted by atomic mass is 16.5. The molecule has 2 aromatic heterocycles. The monoisotopic (exact) mass is 327 g/mol. The minimum absolute atomic E-state index is 0.135. The highest BCUT2D eigenvalue weighted by Crippen LogP contribution is 2.26. The van der Waals surface area contributed by atoms with Crippen molar-refractivity contribution in [3.05, 3.63) is 56.2 Å². The van der Waals surface area contributed by atoms with E-state index in [2.05, 4.69) is 4.98 Å². The molecule has 0 bridgehead atoms. The third-order valence-electron chi connectivity index (χ3n) is 3.82. The van der Waals surface area contributed by atoms with Gasteiger partial charge >= 0.3 is 5.97 Å². The van der Waals surface area contributed by atoms with E-state index < -0.39 is 5.97 Å². The van der Waals surface area contributed by atoms with Gasteiger partial charge in [0.05, 0.1) is 17.5 Å². The van der Waals surface area contributed by atoms with Gasteiger partial charge in [0.2, 0.25) is 5.76 Å². The van der Waals surface area contributed by atoms with Gasteiger partial charge in [0, 0.05) is 29.3 Å². The molecule has 6 nitrogen and oxygen atoms in total. The lowest BCUT2D eigenvalue weighted by atomic mass is 10.0. The second kappa shape index (κ2) is 6.31. The van der Waals surface area contributed by atoms with E-state index in [0.717, 1.165) is 12.5 Å². The van der Waals surface area contributed by atoms with Gasteiger partial charge in [-0.25, -0.2) is 4.79 Å². The van der Waals surface area contributed by atoms with Crippen LogP contribution in [0.4, 0.5) is 0 Å². The molecule has 0 amide bonds. The summed E-state index contributed by atoms with van der Waals surface area (Å²) in [5.41, 5.74) is 1.12. The van der Waals surface area contributed by atoms with Gasteiger partial charge in [-0.3, -0.25) is 9.59 Å². The van der Waals surface area contributed by atoms with Gasteiger partial charge < -0.3 is 14.1 Å². The smallest absolute Gasteiger partial charge is 0.374 e. The van der Waals surface area contributed by atoms with Gasteiger partial charge in [0.15, 0.2) is 10.9 Å². The van der Waals surface area contributed by atoms with Crippen molar-refractivity contribution in [3.63, 3.8) is 0 Å². The first-order chi connectivity index (χ1) is 11.6. The molecule has 124 valence electrons. The number of H-pyrrole nitrogens is 1. The van der Waals surface area contributed by atoms with Crippen LogP contribution in [0.5, 0.6) is 0 Å². The highest BCUT2D eigenvalue weighted by Gasteiger charge is 2.18. The summed E-state index contributed by atoms with van der Waals surface area (Å²) in [5, 5.41) is 0.723. The number of esters is 1. The van der Waals surface area contributed by atoms with Gasteiger partial charge in [-0.05, 0) is 19.4 Å². The van der Waals surface area contributed by atoms with Crippen LogP contribution in [0.3, 0.4) is 0 Å². The number of aromatic nitrogens is 1. The van der Waals surface area contributed by atoms with E-state index in [-0.39, 0.29) is 28.6 Å². The topological polar surface area (TPSA) is 89.4 Å². The number of pyridine rings is 1. The summed E-state index contributed by atoms with van der Waals surface area (Å²) in [6.45, 7) is 3.85. The molecule has 0 spiro atoms. The maximum Gasteiger partial charge on any atom is 0.374 e. The van der Waals surface area contributed by atoms with E-state index in [4.69, 9.17) is 9.15 Å². The Morgan fingerprint density at radius 1 is 1.17 bits per heavy atom. The van der Waals surface area contributed by atoms with Gasteiger partial charge in [0.25, 0.3) is 0 Å².